The van der Waals surface area contributed by atoms with Crippen molar-refractivity contribution in [3.63, 3.8) is 0 Å². The van der Waals surface area contributed by atoms with Crippen LogP contribution in [-0.2, 0) is 17.1 Å². The van der Waals surface area contributed by atoms with Gasteiger partial charge in [-0.1, -0.05) is 18.2 Å². The Morgan fingerprint density at radius 3 is 2.40 bits per heavy atom. The maximum Gasteiger partial charge on any atom is 0.241 e. The van der Waals surface area contributed by atoms with Gasteiger partial charge in [0.25, 0.3) is 0 Å². The largest absolute Gasteiger partial charge is 0.336 e. The molecule has 130 valence electrons. The fourth-order valence-corrected chi connectivity index (χ4v) is 3.65. The van der Waals surface area contributed by atoms with Crippen molar-refractivity contribution in [1.29, 1.82) is 0 Å². The molecule has 0 amide bonds. The number of nitrogens with zero attached hydrogens (tertiary/aromatic N) is 2. The van der Waals surface area contributed by atoms with Gasteiger partial charge in [-0.3, -0.25) is 0 Å². The second-order valence-electron chi connectivity index (χ2n) is 5.46. The lowest BCUT2D eigenvalue weighted by molar-refractivity contribution is 0.559. The fourth-order valence-electron chi connectivity index (χ4n) is 2.44. The zero-order valence-corrected chi connectivity index (χ0v) is 14.0. The normalized spacial score (nSPS) is 12.9. The highest BCUT2D eigenvalue weighted by atomic mass is 32.2. The average molecular weight is 363 g/mol. The van der Waals surface area contributed by atoms with Gasteiger partial charge in [0.2, 0.25) is 10.0 Å². The van der Waals surface area contributed by atoms with Crippen LogP contribution in [0.2, 0.25) is 0 Å². The molecule has 0 unspecified atom stereocenters. The predicted molar refractivity (Wildman–Crippen MR) is 88.2 cm³/mol. The number of aryl methyl sites for hydroxylation is 1. The fraction of sp³-hybridized carbons (Fsp3) is 0.118. The van der Waals surface area contributed by atoms with E-state index in [0.717, 1.165) is 12.1 Å². The minimum atomic E-state index is -4.02. The number of imidazole rings is 1. The van der Waals surface area contributed by atoms with Crippen LogP contribution in [0.15, 0.2) is 65.8 Å². The molecule has 1 aromatic heterocycles. The van der Waals surface area contributed by atoms with E-state index in [2.05, 4.69) is 9.71 Å². The first kappa shape index (κ1) is 17.2. The smallest absolute Gasteiger partial charge is 0.241 e. The van der Waals surface area contributed by atoms with Crippen LogP contribution in [0, 0.1) is 11.6 Å². The van der Waals surface area contributed by atoms with Gasteiger partial charge in [0.15, 0.2) is 0 Å². The monoisotopic (exact) mass is 363 g/mol. The zero-order chi connectivity index (χ0) is 18.0. The molecule has 0 aliphatic carbocycles. The SMILES string of the molecule is Cn1ccnc1[C@@H](NS(=O)(=O)c1cccc(F)c1)c1ccc(F)cc1. The summed E-state index contributed by atoms with van der Waals surface area (Å²) in [6, 6.07) is 9.28. The lowest BCUT2D eigenvalue weighted by Gasteiger charge is -2.19. The van der Waals surface area contributed by atoms with Gasteiger partial charge in [0.1, 0.15) is 23.5 Å². The zero-order valence-electron chi connectivity index (χ0n) is 13.2. The van der Waals surface area contributed by atoms with Crippen LogP contribution in [0.5, 0.6) is 0 Å². The van der Waals surface area contributed by atoms with E-state index in [1.54, 1.807) is 17.8 Å². The van der Waals surface area contributed by atoms with Crippen LogP contribution in [-0.4, -0.2) is 18.0 Å². The van der Waals surface area contributed by atoms with Crippen molar-refractivity contribution in [2.45, 2.75) is 10.9 Å². The molecule has 0 saturated heterocycles. The summed E-state index contributed by atoms with van der Waals surface area (Å²) in [7, 11) is -2.30. The molecule has 0 radical (unpaired) electrons. The number of halogens is 2. The quantitative estimate of drug-likeness (QED) is 0.758. The Kier molecular flexibility index (Phi) is 4.65. The molecule has 0 aliphatic rings. The van der Waals surface area contributed by atoms with E-state index in [9.17, 15) is 17.2 Å². The van der Waals surface area contributed by atoms with Crippen molar-refractivity contribution in [2.24, 2.45) is 7.05 Å². The molecule has 3 aromatic rings. The minimum absolute atomic E-state index is 0.200. The van der Waals surface area contributed by atoms with Crippen molar-refractivity contribution in [3.05, 3.63) is 83.9 Å². The van der Waals surface area contributed by atoms with Gasteiger partial charge in [-0.25, -0.2) is 22.2 Å². The summed E-state index contributed by atoms with van der Waals surface area (Å²) in [5.74, 6) is -0.667. The summed E-state index contributed by atoms with van der Waals surface area (Å²) in [5.41, 5.74) is 0.510. The van der Waals surface area contributed by atoms with Crippen LogP contribution in [0.25, 0.3) is 0 Å². The Labute approximate surface area is 144 Å². The molecule has 1 atom stereocenters. The maximum absolute atomic E-state index is 13.4. The summed E-state index contributed by atoms with van der Waals surface area (Å²) < 4.78 is 56.1. The second-order valence-corrected chi connectivity index (χ2v) is 7.17. The Bertz CT molecular complexity index is 985. The third-order valence-corrected chi connectivity index (χ3v) is 5.12. The van der Waals surface area contributed by atoms with E-state index >= 15 is 0 Å². The van der Waals surface area contributed by atoms with Gasteiger partial charge < -0.3 is 4.57 Å². The number of rotatable bonds is 5. The molecule has 1 heterocycles. The van der Waals surface area contributed by atoms with Crippen LogP contribution in [0.4, 0.5) is 8.78 Å². The summed E-state index contributed by atoms with van der Waals surface area (Å²) in [5, 5.41) is 0. The molecule has 2 aromatic carbocycles. The number of nitrogens with one attached hydrogen (secondary N) is 1. The predicted octanol–water partition coefficient (Wildman–Crippen LogP) is 2.77. The van der Waals surface area contributed by atoms with E-state index in [1.165, 1.54) is 42.6 Å². The lowest BCUT2D eigenvalue weighted by atomic mass is 10.1. The summed E-state index contributed by atoms with van der Waals surface area (Å²) in [6.07, 6.45) is 3.20. The van der Waals surface area contributed by atoms with Crippen LogP contribution in [0.3, 0.4) is 0 Å². The van der Waals surface area contributed by atoms with E-state index in [-0.39, 0.29) is 4.90 Å². The van der Waals surface area contributed by atoms with E-state index in [4.69, 9.17) is 0 Å². The highest BCUT2D eigenvalue weighted by molar-refractivity contribution is 7.89. The highest BCUT2D eigenvalue weighted by Crippen LogP contribution is 2.24. The number of hydrogen-bond acceptors (Lipinski definition) is 3. The summed E-state index contributed by atoms with van der Waals surface area (Å²) in [6.45, 7) is 0. The Balaban J connectivity index is 2.03. The first-order chi connectivity index (χ1) is 11.9. The second kappa shape index (κ2) is 6.73. The molecule has 0 bridgehead atoms. The van der Waals surface area contributed by atoms with Gasteiger partial charge in [0.05, 0.1) is 4.90 Å². The molecule has 3 rings (SSSR count). The van der Waals surface area contributed by atoms with Gasteiger partial charge in [0, 0.05) is 19.4 Å². The van der Waals surface area contributed by atoms with Crippen molar-refractivity contribution < 1.29 is 17.2 Å². The molecule has 8 heteroatoms. The molecule has 25 heavy (non-hydrogen) atoms. The van der Waals surface area contributed by atoms with Crippen LogP contribution in [0.1, 0.15) is 17.4 Å². The standard InChI is InChI=1S/C17H15F2N3O2S/c1-22-10-9-20-17(22)16(12-5-7-13(18)8-6-12)21-25(23,24)15-4-2-3-14(19)11-15/h2-11,16,21H,1H3/t16-/m0/s1. The lowest BCUT2D eigenvalue weighted by Crippen LogP contribution is -2.31. The Morgan fingerprint density at radius 1 is 1.08 bits per heavy atom. The third kappa shape index (κ3) is 3.75. The molecule has 0 aliphatic heterocycles. The maximum atomic E-state index is 13.4. The van der Waals surface area contributed by atoms with Crippen LogP contribution >= 0.6 is 0 Å². The van der Waals surface area contributed by atoms with Gasteiger partial charge in [-0.15, -0.1) is 0 Å². The van der Waals surface area contributed by atoms with E-state index < -0.39 is 27.7 Å². The van der Waals surface area contributed by atoms with E-state index in [1.807, 2.05) is 0 Å². The molecular weight excluding hydrogens is 348 g/mol. The Hall–Kier alpha value is -2.58. The highest BCUT2D eigenvalue weighted by Gasteiger charge is 2.26. The molecule has 5 nitrogen and oxygen atoms in total. The van der Waals surface area contributed by atoms with Gasteiger partial charge >= 0.3 is 0 Å². The minimum Gasteiger partial charge on any atom is -0.336 e. The summed E-state index contributed by atoms with van der Waals surface area (Å²) in [4.78, 5) is 3.98. The Morgan fingerprint density at radius 2 is 1.80 bits per heavy atom. The van der Waals surface area contributed by atoms with Gasteiger partial charge in [-0.2, -0.15) is 4.72 Å². The van der Waals surface area contributed by atoms with Crippen molar-refractivity contribution >= 4 is 10.0 Å². The van der Waals surface area contributed by atoms with Gasteiger partial charge in [-0.05, 0) is 35.9 Å². The van der Waals surface area contributed by atoms with Crippen LogP contribution < -0.4 is 4.72 Å². The van der Waals surface area contributed by atoms with Crippen molar-refractivity contribution in [2.75, 3.05) is 0 Å². The third-order valence-electron chi connectivity index (χ3n) is 3.70. The average Bonchev–Trinajstić information content (AvgIpc) is 2.99. The molecule has 0 spiro atoms. The first-order valence-corrected chi connectivity index (χ1v) is 8.86. The molecule has 0 saturated carbocycles. The number of sulfonamides is 1. The molecule has 0 fully saturated rings. The summed E-state index contributed by atoms with van der Waals surface area (Å²) >= 11 is 0. The molecular formula is C17H15F2N3O2S. The number of aromatic nitrogens is 2. The number of hydrogen-bond donors (Lipinski definition) is 1. The molecule has 1 N–H and O–H groups in total. The van der Waals surface area contributed by atoms with E-state index in [0.29, 0.717) is 11.4 Å². The van der Waals surface area contributed by atoms with Crippen molar-refractivity contribution in [1.82, 2.24) is 14.3 Å². The van der Waals surface area contributed by atoms with Crippen molar-refractivity contribution in [3.8, 4) is 0 Å². The first-order valence-electron chi connectivity index (χ1n) is 7.37. The topological polar surface area (TPSA) is 64.0 Å². The number of benzene rings is 2.